The Kier molecular flexibility index (Phi) is 8.28. The van der Waals surface area contributed by atoms with Crippen LogP contribution in [-0.4, -0.2) is 12.5 Å². The molecule has 3 heteroatoms. The van der Waals surface area contributed by atoms with Gasteiger partial charge in [-0.1, -0.05) is 84.0 Å². The van der Waals surface area contributed by atoms with Crippen LogP contribution in [0.25, 0.3) is 0 Å². The lowest BCUT2D eigenvalue weighted by atomic mass is 10.1. The summed E-state index contributed by atoms with van der Waals surface area (Å²) >= 11 is 0. The highest BCUT2D eigenvalue weighted by Crippen LogP contribution is 2.48. The molecule has 144 valence electrons. The van der Waals surface area contributed by atoms with Crippen LogP contribution in [0.2, 0.25) is 0 Å². The van der Waals surface area contributed by atoms with Gasteiger partial charge in [0.1, 0.15) is 5.85 Å². The molecule has 0 fully saturated rings. The first-order chi connectivity index (χ1) is 12.9. The summed E-state index contributed by atoms with van der Waals surface area (Å²) in [5, 5.41) is 1.68. The van der Waals surface area contributed by atoms with Crippen LogP contribution in [0, 0.1) is 0 Å². The molecule has 0 aromatic heterocycles. The maximum Gasteiger partial charge on any atom is 0.170 e. The zero-order valence-electron chi connectivity index (χ0n) is 16.9. The largest absolute Gasteiger partial charge is 0.366 e. The van der Waals surface area contributed by atoms with Crippen LogP contribution >= 0.6 is 7.14 Å². The molecule has 27 heavy (non-hydrogen) atoms. The Hall–Kier alpha value is -1.89. The molecule has 2 rings (SSSR count). The van der Waals surface area contributed by atoms with E-state index in [1.165, 1.54) is 11.1 Å². The second kappa shape index (κ2) is 10.4. The third-order valence-corrected chi connectivity index (χ3v) is 7.96. The van der Waals surface area contributed by atoms with Crippen molar-refractivity contribution < 1.29 is 9.30 Å². The molecule has 0 aliphatic rings. The molecule has 0 N–H and O–H groups in total. The van der Waals surface area contributed by atoms with E-state index in [1.54, 1.807) is 0 Å². The monoisotopic (exact) mass is 382 g/mol. The minimum atomic E-state index is -2.87. The van der Waals surface area contributed by atoms with Crippen molar-refractivity contribution in [3.63, 3.8) is 0 Å². The van der Waals surface area contributed by atoms with Gasteiger partial charge >= 0.3 is 0 Å². The fraction of sp³-hybridized carbons (Fsp3) is 0.333. The molecule has 0 saturated carbocycles. The van der Waals surface area contributed by atoms with Crippen molar-refractivity contribution in [3.05, 3.63) is 84.0 Å². The lowest BCUT2D eigenvalue weighted by Crippen LogP contribution is -2.26. The summed E-state index contributed by atoms with van der Waals surface area (Å²) in [5.74, 6) is -0.385. The van der Waals surface area contributed by atoms with Crippen LogP contribution in [-0.2, 0) is 9.30 Å². The van der Waals surface area contributed by atoms with E-state index in [0.29, 0.717) is 6.61 Å². The Balaban J connectivity index is 2.13. The van der Waals surface area contributed by atoms with Gasteiger partial charge in [0.05, 0.1) is 6.61 Å². The van der Waals surface area contributed by atoms with E-state index in [9.17, 15) is 4.57 Å². The van der Waals surface area contributed by atoms with E-state index < -0.39 is 7.14 Å². The first kappa shape index (κ1) is 21.4. The maximum absolute atomic E-state index is 14.1. The van der Waals surface area contributed by atoms with Gasteiger partial charge in [-0.15, -0.1) is 0 Å². The van der Waals surface area contributed by atoms with Gasteiger partial charge in [0.2, 0.25) is 0 Å². The smallest absolute Gasteiger partial charge is 0.170 e. The molecule has 0 amide bonds. The predicted octanol–water partition coefficient (Wildman–Crippen LogP) is 6.06. The molecule has 0 bridgehead atoms. The van der Waals surface area contributed by atoms with Gasteiger partial charge in [-0.2, -0.15) is 0 Å². The summed E-state index contributed by atoms with van der Waals surface area (Å²) < 4.78 is 20.1. The lowest BCUT2D eigenvalue weighted by Gasteiger charge is -2.25. The Morgan fingerprint density at radius 2 is 1.44 bits per heavy atom. The Bertz CT molecular complexity index is 759. The second-order valence-corrected chi connectivity index (χ2v) is 10.2. The lowest BCUT2D eigenvalue weighted by molar-refractivity contribution is 0.143. The van der Waals surface area contributed by atoms with Crippen molar-refractivity contribution >= 4 is 17.8 Å². The molecule has 1 atom stereocenters. The van der Waals surface area contributed by atoms with Crippen LogP contribution in [0.1, 0.15) is 40.5 Å². The molecule has 0 aliphatic heterocycles. The fourth-order valence-corrected chi connectivity index (χ4v) is 5.66. The summed E-state index contributed by atoms with van der Waals surface area (Å²) in [4.78, 5) is 0. The summed E-state index contributed by atoms with van der Waals surface area (Å²) in [6.07, 6.45) is 6.43. The van der Waals surface area contributed by atoms with Crippen LogP contribution < -0.4 is 10.6 Å². The molecular formula is C24H31O2P. The van der Waals surface area contributed by atoms with Crippen LogP contribution in [0.4, 0.5) is 0 Å². The summed E-state index contributed by atoms with van der Waals surface area (Å²) in [6, 6.07) is 19.4. The minimum absolute atomic E-state index is 0.385. The van der Waals surface area contributed by atoms with Crippen molar-refractivity contribution in [3.8, 4) is 0 Å². The normalized spacial score (nSPS) is 13.3. The Labute approximate surface area is 164 Å². The average molecular weight is 382 g/mol. The van der Waals surface area contributed by atoms with E-state index >= 15 is 0 Å². The van der Waals surface area contributed by atoms with Crippen molar-refractivity contribution in [2.24, 2.45) is 0 Å². The van der Waals surface area contributed by atoms with Gasteiger partial charge in [0.15, 0.2) is 7.14 Å². The molecule has 0 aliphatic carbocycles. The van der Waals surface area contributed by atoms with Gasteiger partial charge in [-0.05, 0) is 40.5 Å². The van der Waals surface area contributed by atoms with E-state index in [1.807, 2.05) is 67.6 Å². The highest BCUT2D eigenvalue weighted by molar-refractivity contribution is 7.79. The third kappa shape index (κ3) is 6.06. The summed E-state index contributed by atoms with van der Waals surface area (Å²) in [5.41, 5.74) is 2.65. The first-order valence-electron chi connectivity index (χ1n) is 9.56. The van der Waals surface area contributed by atoms with E-state index in [-0.39, 0.29) is 5.85 Å². The number of ether oxygens (including phenoxy) is 1. The number of benzene rings is 2. The van der Waals surface area contributed by atoms with Crippen molar-refractivity contribution in [2.75, 3.05) is 6.61 Å². The van der Waals surface area contributed by atoms with Crippen LogP contribution in [0.15, 0.2) is 84.0 Å². The molecule has 1 unspecified atom stereocenters. The van der Waals surface area contributed by atoms with Crippen LogP contribution in [0.3, 0.4) is 0 Å². The zero-order valence-corrected chi connectivity index (χ0v) is 17.8. The molecule has 2 nitrogen and oxygen atoms in total. The van der Waals surface area contributed by atoms with E-state index in [0.717, 1.165) is 23.5 Å². The molecule has 2 aromatic carbocycles. The molecule has 0 radical (unpaired) electrons. The topological polar surface area (TPSA) is 26.3 Å². The van der Waals surface area contributed by atoms with Gasteiger partial charge in [0.25, 0.3) is 0 Å². The number of rotatable bonds is 9. The average Bonchev–Trinajstić information content (AvgIpc) is 2.68. The highest BCUT2D eigenvalue weighted by atomic mass is 31.2. The SMILES string of the molecule is CC(C)=CCC/C(C)=C/COC(C)P(=O)(c1ccccc1)c1ccccc1. The zero-order chi connectivity index (χ0) is 19.7. The number of allylic oxidation sites excluding steroid dienone is 3. The van der Waals surface area contributed by atoms with E-state index in [2.05, 4.69) is 32.9 Å². The molecule has 2 aromatic rings. The van der Waals surface area contributed by atoms with Gasteiger partial charge in [-0.3, -0.25) is 0 Å². The Morgan fingerprint density at radius 3 is 1.93 bits per heavy atom. The molecule has 0 spiro atoms. The highest BCUT2D eigenvalue weighted by Gasteiger charge is 2.34. The summed E-state index contributed by atoms with van der Waals surface area (Å²) in [6.45, 7) is 8.77. The van der Waals surface area contributed by atoms with Crippen LogP contribution in [0.5, 0.6) is 0 Å². The fourth-order valence-electron chi connectivity index (χ4n) is 2.99. The first-order valence-corrected chi connectivity index (χ1v) is 11.3. The predicted molar refractivity (Wildman–Crippen MR) is 118 cm³/mol. The number of hydrogen-bond acceptors (Lipinski definition) is 2. The van der Waals surface area contributed by atoms with Gasteiger partial charge < -0.3 is 9.30 Å². The third-order valence-electron chi connectivity index (χ3n) is 4.65. The van der Waals surface area contributed by atoms with Crippen molar-refractivity contribution in [1.82, 2.24) is 0 Å². The maximum atomic E-state index is 14.1. The Morgan fingerprint density at radius 1 is 0.926 bits per heavy atom. The number of hydrogen-bond donors (Lipinski definition) is 0. The molecule has 0 heterocycles. The quantitative estimate of drug-likeness (QED) is 0.389. The minimum Gasteiger partial charge on any atom is -0.366 e. The molecule has 0 saturated heterocycles. The van der Waals surface area contributed by atoms with E-state index in [4.69, 9.17) is 4.74 Å². The van der Waals surface area contributed by atoms with Gasteiger partial charge in [0, 0.05) is 10.6 Å². The molecular weight excluding hydrogens is 351 g/mol. The van der Waals surface area contributed by atoms with Gasteiger partial charge in [-0.25, -0.2) is 0 Å². The summed E-state index contributed by atoms with van der Waals surface area (Å²) in [7, 11) is -2.87. The van der Waals surface area contributed by atoms with Crippen molar-refractivity contribution in [2.45, 2.75) is 46.4 Å². The standard InChI is InChI=1S/C24H31O2P/c1-20(2)12-11-13-21(3)18-19-26-22(4)27(25,23-14-7-5-8-15-23)24-16-9-6-10-17-24/h5-10,12,14-18,22H,11,13,19H2,1-4H3/b21-18+. The second-order valence-electron chi connectivity index (χ2n) is 7.13. The van der Waals surface area contributed by atoms with Crippen molar-refractivity contribution in [1.29, 1.82) is 0 Å².